The lowest BCUT2D eigenvalue weighted by Gasteiger charge is -2.12. The van der Waals surface area contributed by atoms with Crippen molar-refractivity contribution in [3.63, 3.8) is 0 Å². The highest BCUT2D eigenvalue weighted by Gasteiger charge is 2.14. The van der Waals surface area contributed by atoms with Gasteiger partial charge in [0.05, 0.1) is 11.4 Å². The summed E-state index contributed by atoms with van der Waals surface area (Å²) in [6, 6.07) is 10.4. The molecule has 0 spiro atoms. The normalized spacial score (nSPS) is 11.1. The predicted molar refractivity (Wildman–Crippen MR) is 105 cm³/mol. The van der Waals surface area contributed by atoms with Gasteiger partial charge in [-0.1, -0.05) is 55.9 Å². The Balaban J connectivity index is 1.75. The summed E-state index contributed by atoms with van der Waals surface area (Å²) >= 11 is 1.53. The Morgan fingerprint density at radius 3 is 2.64 bits per heavy atom. The number of hydrogen-bond acceptors (Lipinski definition) is 3. The predicted octanol–water partition coefficient (Wildman–Crippen LogP) is 4.00. The maximum absolute atomic E-state index is 12.1. The van der Waals surface area contributed by atoms with Crippen LogP contribution in [-0.2, 0) is 17.8 Å². The summed E-state index contributed by atoms with van der Waals surface area (Å²) in [4.78, 5) is 16.7. The number of aromatic nitrogens is 2. The maximum Gasteiger partial charge on any atom is 0.230 e. The number of hydrogen-bond donors (Lipinski definition) is 1. The molecule has 0 aliphatic carbocycles. The van der Waals surface area contributed by atoms with E-state index in [1.54, 1.807) is 0 Å². The molecule has 1 heterocycles. The van der Waals surface area contributed by atoms with Crippen molar-refractivity contribution in [1.82, 2.24) is 14.9 Å². The van der Waals surface area contributed by atoms with Crippen LogP contribution in [0.15, 0.2) is 35.5 Å². The molecule has 0 saturated carbocycles. The fourth-order valence-electron chi connectivity index (χ4n) is 2.66. The Morgan fingerprint density at radius 1 is 1.24 bits per heavy atom. The molecule has 1 amide bonds. The first-order valence-corrected chi connectivity index (χ1v) is 9.93. The van der Waals surface area contributed by atoms with Gasteiger partial charge in [0, 0.05) is 18.8 Å². The van der Waals surface area contributed by atoms with E-state index in [4.69, 9.17) is 0 Å². The van der Waals surface area contributed by atoms with Gasteiger partial charge in [0.25, 0.3) is 0 Å². The van der Waals surface area contributed by atoms with E-state index in [2.05, 4.69) is 47.8 Å². The maximum atomic E-state index is 12.1. The average molecular weight is 360 g/mol. The standard InChI is InChI=1S/C20H29N3OS/c1-15(2)13-23-17(4)16(3)22-20(23)25-14-19(24)21-12-8-11-18-9-6-5-7-10-18/h5-7,9-10,15H,8,11-14H2,1-4H3,(H,21,24). The molecule has 1 N–H and O–H groups in total. The lowest BCUT2D eigenvalue weighted by Crippen LogP contribution is -2.26. The second-order valence-electron chi connectivity index (χ2n) is 6.80. The Bertz CT molecular complexity index is 680. The van der Waals surface area contributed by atoms with E-state index in [1.807, 2.05) is 25.1 Å². The molecule has 25 heavy (non-hydrogen) atoms. The monoisotopic (exact) mass is 359 g/mol. The zero-order valence-corrected chi connectivity index (χ0v) is 16.5. The van der Waals surface area contributed by atoms with Crippen LogP contribution in [0.1, 0.15) is 37.2 Å². The minimum atomic E-state index is 0.0764. The number of thioether (sulfide) groups is 1. The number of amides is 1. The topological polar surface area (TPSA) is 46.9 Å². The molecule has 1 aromatic carbocycles. The zero-order chi connectivity index (χ0) is 18.2. The van der Waals surface area contributed by atoms with Crippen LogP contribution in [0.5, 0.6) is 0 Å². The van der Waals surface area contributed by atoms with E-state index in [-0.39, 0.29) is 5.91 Å². The minimum absolute atomic E-state index is 0.0764. The summed E-state index contributed by atoms with van der Waals surface area (Å²) < 4.78 is 2.23. The summed E-state index contributed by atoms with van der Waals surface area (Å²) in [7, 11) is 0. The van der Waals surface area contributed by atoms with Gasteiger partial charge in [-0.25, -0.2) is 4.98 Å². The highest BCUT2D eigenvalue weighted by atomic mass is 32.2. The van der Waals surface area contributed by atoms with E-state index in [9.17, 15) is 4.79 Å². The van der Waals surface area contributed by atoms with Crippen molar-refractivity contribution in [3.8, 4) is 0 Å². The van der Waals surface area contributed by atoms with Gasteiger partial charge in [-0.15, -0.1) is 0 Å². The van der Waals surface area contributed by atoms with Crippen molar-refractivity contribution in [2.24, 2.45) is 5.92 Å². The second-order valence-corrected chi connectivity index (χ2v) is 7.74. The number of nitrogens with one attached hydrogen (secondary N) is 1. The van der Waals surface area contributed by atoms with E-state index >= 15 is 0 Å². The molecule has 0 aliphatic heterocycles. The Labute approximate surface area is 155 Å². The summed E-state index contributed by atoms with van der Waals surface area (Å²) in [6.07, 6.45) is 1.95. The van der Waals surface area contributed by atoms with Crippen LogP contribution in [0, 0.1) is 19.8 Å². The van der Waals surface area contributed by atoms with Gasteiger partial charge in [-0.3, -0.25) is 4.79 Å². The molecule has 2 rings (SSSR count). The summed E-state index contributed by atoms with van der Waals surface area (Å²) in [5.41, 5.74) is 3.55. The van der Waals surface area contributed by atoms with Crippen molar-refractivity contribution in [1.29, 1.82) is 0 Å². The minimum Gasteiger partial charge on any atom is -0.355 e. The smallest absolute Gasteiger partial charge is 0.230 e. The number of rotatable bonds is 9. The third-order valence-electron chi connectivity index (χ3n) is 4.11. The SMILES string of the molecule is Cc1nc(SCC(=O)NCCCc2ccccc2)n(CC(C)C)c1C. The fraction of sp³-hybridized carbons (Fsp3) is 0.500. The van der Waals surface area contributed by atoms with Crippen LogP contribution in [0.3, 0.4) is 0 Å². The fourth-order valence-corrected chi connectivity index (χ4v) is 3.59. The number of benzene rings is 1. The van der Waals surface area contributed by atoms with Crippen LogP contribution < -0.4 is 5.32 Å². The third-order valence-corrected chi connectivity index (χ3v) is 5.09. The number of carbonyl (C=O) groups is 1. The summed E-state index contributed by atoms with van der Waals surface area (Å²) in [5.74, 6) is 1.05. The van der Waals surface area contributed by atoms with E-state index in [0.717, 1.165) is 30.2 Å². The molecule has 0 bridgehead atoms. The van der Waals surface area contributed by atoms with Crippen LogP contribution in [0.4, 0.5) is 0 Å². The Kier molecular flexibility index (Phi) is 7.56. The quantitative estimate of drug-likeness (QED) is 0.544. The van der Waals surface area contributed by atoms with Crippen molar-refractivity contribution in [2.45, 2.75) is 52.2 Å². The number of nitrogens with zero attached hydrogens (tertiary/aromatic N) is 2. The van der Waals surface area contributed by atoms with Crippen molar-refractivity contribution >= 4 is 17.7 Å². The molecule has 136 valence electrons. The summed E-state index contributed by atoms with van der Waals surface area (Å²) in [6.45, 7) is 10.2. The first kappa shape index (κ1) is 19.6. The number of aryl methyl sites for hydroxylation is 2. The molecule has 0 unspecified atom stereocenters. The highest BCUT2D eigenvalue weighted by Crippen LogP contribution is 2.22. The summed E-state index contributed by atoms with van der Waals surface area (Å²) in [5, 5.41) is 3.96. The largest absolute Gasteiger partial charge is 0.355 e. The van der Waals surface area contributed by atoms with Crippen molar-refractivity contribution < 1.29 is 4.79 Å². The van der Waals surface area contributed by atoms with E-state index < -0.39 is 0 Å². The molecular formula is C20H29N3OS. The molecule has 4 nitrogen and oxygen atoms in total. The molecular weight excluding hydrogens is 330 g/mol. The van der Waals surface area contributed by atoms with E-state index in [0.29, 0.717) is 18.2 Å². The van der Waals surface area contributed by atoms with Gasteiger partial charge < -0.3 is 9.88 Å². The average Bonchev–Trinajstić information content (AvgIpc) is 2.85. The molecule has 1 aromatic heterocycles. The van der Waals surface area contributed by atoms with Crippen LogP contribution in [-0.4, -0.2) is 27.8 Å². The molecule has 0 radical (unpaired) electrons. The number of carbonyl (C=O) groups excluding carboxylic acids is 1. The third kappa shape index (κ3) is 6.24. The van der Waals surface area contributed by atoms with Crippen molar-refractivity contribution in [2.75, 3.05) is 12.3 Å². The Morgan fingerprint density at radius 2 is 1.96 bits per heavy atom. The van der Waals surface area contributed by atoms with Crippen LogP contribution in [0.25, 0.3) is 0 Å². The van der Waals surface area contributed by atoms with Gasteiger partial charge in [0.2, 0.25) is 5.91 Å². The van der Waals surface area contributed by atoms with Gasteiger partial charge >= 0.3 is 0 Å². The van der Waals surface area contributed by atoms with Crippen LogP contribution >= 0.6 is 11.8 Å². The molecule has 2 aromatic rings. The lowest BCUT2D eigenvalue weighted by atomic mass is 10.1. The van der Waals surface area contributed by atoms with Gasteiger partial charge in [0.1, 0.15) is 0 Å². The highest BCUT2D eigenvalue weighted by molar-refractivity contribution is 7.99. The first-order valence-electron chi connectivity index (χ1n) is 8.94. The lowest BCUT2D eigenvalue weighted by molar-refractivity contribution is -0.118. The molecule has 0 saturated heterocycles. The molecule has 5 heteroatoms. The number of imidazole rings is 1. The van der Waals surface area contributed by atoms with E-state index in [1.165, 1.54) is 23.0 Å². The van der Waals surface area contributed by atoms with Crippen molar-refractivity contribution in [3.05, 3.63) is 47.3 Å². The molecule has 0 aliphatic rings. The van der Waals surface area contributed by atoms with Gasteiger partial charge in [-0.05, 0) is 38.2 Å². The Hall–Kier alpha value is -1.75. The first-order chi connectivity index (χ1) is 12.0. The van der Waals surface area contributed by atoms with Crippen LogP contribution in [0.2, 0.25) is 0 Å². The van der Waals surface area contributed by atoms with Gasteiger partial charge in [0.15, 0.2) is 5.16 Å². The second kappa shape index (κ2) is 9.66. The van der Waals surface area contributed by atoms with Gasteiger partial charge in [-0.2, -0.15) is 0 Å². The molecule has 0 atom stereocenters. The molecule has 0 fully saturated rings. The zero-order valence-electron chi connectivity index (χ0n) is 15.7.